The molecule has 0 aliphatic carbocycles. The summed E-state index contributed by atoms with van der Waals surface area (Å²) in [6, 6.07) is 14.4. The van der Waals surface area contributed by atoms with Crippen LogP contribution in [-0.2, 0) is 18.6 Å². The molecule has 0 spiro atoms. The van der Waals surface area contributed by atoms with Gasteiger partial charge in [-0.25, -0.2) is 9.07 Å². The van der Waals surface area contributed by atoms with Crippen molar-refractivity contribution in [1.82, 2.24) is 30.1 Å². The number of aryl methyl sites for hydroxylation is 1. The average molecular weight is 491 g/mol. The Morgan fingerprint density at radius 1 is 1.11 bits per heavy atom. The molecule has 1 unspecified atom stereocenters. The van der Waals surface area contributed by atoms with E-state index in [9.17, 15) is 9.18 Å². The maximum Gasteiger partial charge on any atom is 0.252 e. The first kappa shape index (κ1) is 25.7. The van der Waals surface area contributed by atoms with Gasteiger partial charge in [-0.2, -0.15) is 0 Å². The Bertz CT molecular complexity index is 1380. The Kier molecular flexibility index (Phi) is 7.64. The normalized spacial score (nSPS) is 13.0. The minimum atomic E-state index is -0.273. The fourth-order valence-corrected chi connectivity index (χ4v) is 4.60. The number of para-hydroxylation sites is 1. The van der Waals surface area contributed by atoms with Crippen LogP contribution in [-0.4, -0.2) is 30.1 Å². The van der Waals surface area contributed by atoms with Crippen molar-refractivity contribution in [3.8, 4) is 0 Å². The van der Waals surface area contributed by atoms with Crippen LogP contribution in [0, 0.1) is 12.7 Å². The number of H-pyrrole nitrogens is 1. The molecule has 8 heteroatoms. The van der Waals surface area contributed by atoms with Crippen molar-refractivity contribution in [3.05, 3.63) is 87.2 Å². The lowest BCUT2D eigenvalue weighted by Crippen LogP contribution is -2.36. The Morgan fingerprint density at radius 3 is 2.56 bits per heavy atom. The van der Waals surface area contributed by atoms with Crippen molar-refractivity contribution < 1.29 is 4.39 Å². The number of nitrogens with zero attached hydrogens (tertiary/aromatic N) is 5. The van der Waals surface area contributed by atoms with Crippen molar-refractivity contribution in [3.63, 3.8) is 0 Å². The topological polar surface area (TPSA) is 79.7 Å². The number of pyridine rings is 1. The predicted octanol–water partition coefficient (Wildman–Crippen LogP) is 5.65. The number of benzene rings is 2. The van der Waals surface area contributed by atoms with Gasteiger partial charge in [0.25, 0.3) is 5.56 Å². The number of nitrogens with one attached hydrogen (secondary N) is 1. The van der Waals surface area contributed by atoms with E-state index in [0.29, 0.717) is 18.7 Å². The van der Waals surface area contributed by atoms with Crippen molar-refractivity contribution in [2.75, 3.05) is 0 Å². The van der Waals surface area contributed by atoms with E-state index in [0.717, 1.165) is 47.1 Å². The summed E-state index contributed by atoms with van der Waals surface area (Å²) < 4.78 is 15.6. The van der Waals surface area contributed by atoms with E-state index < -0.39 is 0 Å². The number of aromatic nitrogens is 5. The molecule has 4 aromatic rings. The second-order valence-corrected chi connectivity index (χ2v) is 10.1. The predicted molar refractivity (Wildman–Crippen MR) is 140 cm³/mol. The minimum Gasteiger partial charge on any atom is -0.321 e. The smallest absolute Gasteiger partial charge is 0.252 e. The van der Waals surface area contributed by atoms with Gasteiger partial charge >= 0.3 is 0 Å². The zero-order valence-electron chi connectivity index (χ0n) is 21.8. The second kappa shape index (κ2) is 10.7. The Hall–Kier alpha value is -3.39. The zero-order valence-corrected chi connectivity index (χ0v) is 21.8. The molecule has 2 aromatic carbocycles. The first-order valence-corrected chi connectivity index (χ1v) is 12.6. The molecule has 0 amide bonds. The van der Waals surface area contributed by atoms with Crippen LogP contribution in [0.4, 0.5) is 4.39 Å². The van der Waals surface area contributed by atoms with Crippen molar-refractivity contribution in [2.24, 2.45) is 0 Å². The third-order valence-corrected chi connectivity index (χ3v) is 7.07. The highest BCUT2D eigenvalue weighted by Crippen LogP contribution is 2.31. The van der Waals surface area contributed by atoms with Crippen LogP contribution in [0.2, 0.25) is 0 Å². The van der Waals surface area contributed by atoms with E-state index >= 15 is 0 Å². The lowest BCUT2D eigenvalue weighted by Gasteiger charge is -2.33. The number of fused-ring (bicyclic) bond motifs is 1. The molecule has 2 heterocycles. The highest BCUT2D eigenvalue weighted by molar-refractivity contribution is 5.81. The lowest BCUT2D eigenvalue weighted by molar-refractivity contribution is 0.145. The van der Waals surface area contributed by atoms with Crippen LogP contribution < -0.4 is 5.56 Å². The minimum absolute atomic E-state index is 0.107. The van der Waals surface area contributed by atoms with E-state index in [1.165, 1.54) is 12.1 Å². The number of tetrazole rings is 1. The largest absolute Gasteiger partial charge is 0.321 e. The first-order chi connectivity index (χ1) is 17.2. The van der Waals surface area contributed by atoms with Crippen LogP contribution in [0.25, 0.3) is 10.9 Å². The Morgan fingerprint density at radius 2 is 1.86 bits per heavy atom. The van der Waals surface area contributed by atoms with Crippen LogP contribution in [0.5, 0.6) is 0 Å². The molecule has 0 radical (unpaired) electrons. The van der Waals surface area contributed by atoms with Gasteiger partial charge in [-0.3, -0.25) is 9.69 Å². The molecular formula is C28H35FN6O. The molecule has 1 N–H and O–H groups in total. The molecule has 0 aliphatic rings. The summed E-state index contributed by atoms with van der Waals surface area (Å²) in [5.41, 5.74) is 3.15. The molecule has 190 valence electrons. The SMILES string of the molecule is CCCC(c1nnnn1C(C)(C)CC)N(Cc1ccc(F)cc1)Cc1cc2cccc(C)c2[nH]c1=O. The number of hydrogen-bond acceptors (Lipinski definition) is 5. The molecule has 1 atom stereocenters. The molecule has 36 heavy (non-hydrogen) atoms. The van der Waals surface area contributed by atoms with Crippen molar-refractivity contribution in [1.29, 1.82) is 0 Å². The van der Waals surface area contributed by atoms with E-state index in [2.05, 4.69) is 53.1 Å². The fourth-order valence-electron chi connectivity index (χ4n) is 4.60. The third-order valence-electron chi connectivity index (χ3n) is 7.07. The van der Waals surface area contributed by atoms with Crippen molar-refractivity contribution in [2.45, 2.75) is 78.6 Å². The van der Waals surface area contributed by atoms with Crippen LogP contribution in [0.3, 0.4) is 0 Å². The first-order valence-electron chi connectivity index (χ1n) is 12.6. The number of halogens is 1. The Balaban J connectivity index is 1.80. The highest BCUT2D eigenvalue weighted by atomic mass is 19.1. The van der Waals surface area contributed by atoms with Gasteiger partial charge in [0.05, 0.1) is 17.1 Å². The van der Waals surface area contributed by atoms with Gasteiger partial charge in [0.2, 0.25) is 0 Å². The molecule has 0 saturated carbocycles. The molecule has 2 aromatic heterocycles. The summed E-state index contributed by atoms with van der Waals surface area (Å²) >= 11 is 0. The maximum absolute atomic E-state index is 13.6. The monoisotopic (exact) mass is 490 g/mol. The fraction of sp³-hybridized carbons (Fsp3) is 0.429. The van der Waals surface area contributed by atoms with Crippen LogP contribution >= 0.6 is 0 Å². The summed E-state index contributed by atoms with van der Waals surface area (Å²) in [5.74, 6) is 0.504. The van der Waals surface area contributed by atoms with E-state index in [1.807, 2.05) is 35.9 Å². The Labute approximate surface area is 211 Å². The quantitative estimate of drug-likeness (QED) is 0.311. The van der Waals surface area contributed by atoms with E-state index in [4.69, 9.17) is 0 Å². The molecule has 7 nitrogen and oxygen atoms in total. The summed E-state index contributed by atoms with van der Waals surface area (Å²) in [6.07, 6.45) is 2.59. The van der Waals surface area contributed by atoms with E-state index in [-0.39, 0.29) is 23.0 Å². The van der Waals surface area contributed by atoms with Gasteiger partial charge < -0.3 is 4.98 Å². The lowest BCUT2D eigenvalue weighted by atomic mass is 10.00. The standard InChI is InChI=1S/C28H35FN6O/c1-6-9-24(26-31-32-33-35(26)28(4,5)7-2)34(17-20-12-14-23(29)15-13-20)18-22-16-21-11-8-10-19(3)25(21)30-27(22)36/h8,10-16,24H,6-7,9,17-18H2,1-5H3,(H,30,36). The second-order valence-electron chi connectivity index (χ2n) is 10.1. The maximum atomic E-state index is 13.6. The molecule has 0 fully saturated rings. The molecule has 0 bridgehead atoms. The summed E-state index contributed by atoms with van der Waals surface area (Å²) in [7, 11) is 0. The average Bonchev–Trinajstić information content (AvgIpc) is 3.35. The molecule has 0 aliphatic heterocycles. The summed E-state index contributed by atoms with van der Waals surface area (Å²) in [4.78, 5) is 18.5. The number of aromatic amines is 1. The van der Waals surface area contributed by atoms with Crippen LogP contribution in [0.1, 0.15) is 75.5 Å². The zero-order chi connectivity index (χ0) is 25.9. The third kappa shape index (κ3) is 5.38. The van der Waals surface area contributed by atoms with Gasteiger partial charge in [-0.15, -0.1) is 5.10 Å². The molecule has 0 saturated heterocycles. The molecular weight excluding hydrogens is 455 g/mol. The highest BCUT2D eigenvalue weighted by Gasteiger charge is 2.31. The summed E-state index contributed by atoms with van der Waals surface area (Å²) in [6.45, 7) is 11.4. The van der Waals surface area contributed by atoms with Gasteiger partial charge in [-0.05, 0) is 78.8 Å². The van der Waals surface area contributed by atoms with Gasteiger partial charge in [0, 0.05) is 18.7 Å². The van der Waals surface area contributed by atoms with Crippen LogP contribution in [0.15, 0.2) is 53.3 Å². The van der Waals surface area contributed by atoms with Gasteiger partial charge in [0.15, 0.2) is 5.82 Å². The summed E-state index contributed by atoms with van der Waals surface area (Å²) in [5, 5.41) is 13.8. The van der Waals surface area contributed by atoms with Gasteiger partial charge in [0.1, 0.15) is 5.82 Å². The molecule has 4 rings (SSSR count). The van der Waals surface area contributed by atoms with Crippen molar-refractivity contribution >= 4 is 10.9 Å². The van der Waals surface area contributed by atoms with E-state index in [1.54, 1.807) is 12.1 Å². The van der Waals surface area contributed by atoms with Gasteiger partial charge in [-0.1, -0.05) is 50.6 Å². The number of rotatable bonds is 10. The number of hydrogen-bond donors (Lipinski definition) is 1.